The Bertz CT molecular complexity index is 1280. The van der Waals surface area contributed by atoms with Crippen molar-refractivity contribution in [1.29, 1.82) is 0 Å². The first-order valence-electron chi connectivity index (χ1n) is 12.1. The first-order valence-corrected chi connectivity index (χ1v) is 12.1. The summed E-state index contributed by atoms with van der Waals surface area (Å²) in [4.78, 5) is 32.8. The fourth-order valence-corrected chi connectivity index (χ4v) is 4.89. The van der Waals surface area contributed by atoms with E-state index in [1.54, 1.807) is 0 Å². The van der Waals surface area contributed by atoms with Gasteiger partial charge in [0.15, 0.2) is 0 Å². The molecule has 1 fully saturated rings. The number of carbonyl (C=O) groups excluding carboxylic acids is 2. The van der Waals surface area contributed by atoms with Gasteiger partial charge in [-0.2, -0.15) is 0 Å². The second-order valence-electron chi connectivity index (χ2n) is 9.05. The molecule has 2 aromatic carbocycles. The lowest BCUT2D eigenvalue weighted by molar-refractivity contribution is -0.131. The first kappa shape index (κ1) is 22.2. The third-order valence-electron chi connectivity index (χ3n) is 6.81. The molecule has 7 heteroatoms. The number of carbonyl (C=O) groups is 2. The Morgan fingerprint density at radius 2 is 1.50 bits per heavy atom. The molecule has 5 rings (SSSR count). The maximum Gasteiger partial charge on any atom is 0.242 e. The van der Waals surface area contributed by atoms with E-state index >= 15 is 0 Å². The van der Waals surface area contributed by atoms with Crippen LogP contribution in [0.4, 0.5) is 0 Å². The average Bonchev–Trinajstić information content (AvgIpc) is 3.48. The van der Waals surface area contributed by atoms with E-state index in [2.05, 4.69) is 32.0 Å². The molecule has 2 amide bonds. The number of fused-ring (bicyclic) bond motifs is 2. The molecule has 0 saturated carbocycles. The lowest BCUT2D eigenvalue weighted by atomic mass is 9.96. The Labute approximate surface area is 198 Å². The zero-order valence-electron chi connectivity index (χ0n) is 19.2. The number of rotatable bonds is 8. The molecule has 1 saturated heterocycles. The van der Waals surface area contributed by atoms with E-state index in [-0.39, 0.29) is 17.7 Å². The summed E-state index contributed by atoms with van der Waals surface area (Å²) in [7, 11) is 0. The SMILES string of the molecule is O=C(NC(Cc1c[nH]c2ccccc12)C(=O)NCCc1c[nH]c2ccccc12)C1CCNCC1. The maximum atomic E-state index is 13.3. The molecule has 1 unspecified atom stereocenters. The Morgan fingerprint density at radius 3 is 2.21 bits per heavy atom. The molecule has 1 aliphatic rings. The monoisotopic (exact) mass is 457 g/mol. The highest BCUT2D eigenvalue weighted by atomic mass is 16.2. The summed E-state index contributed by atoms with van der Waals surface area (Å²) in [5.41, 5.74) is 4.32. The standard InChI is InChI=1S/C27H31N5O2/c33-26(18-9-12-28-13-10-18)32-25(15-20-17-31-24-8-4-2-6-22(20)24)27(34)29-14-11-19-16-30-23-7-3-1-5-21(19)23/h1-8,16-18,25,28,30-31H,9-15H2,(H,29,34)(H,32,33). The topological polar surface area (TPSA) is 102 Å². The van der Waals surface area contributed by atoms with Crippen LogP contribution in [0.5, 0.6) is 0 Å². The van der Waals surface area contributed by atoms with Gasteiger partial charge >= 0.3 is 0 Å². The van der Waals surface area contributed by atoms with E-state index in [4.69, 9.17) is 0 Å². The number of hydrogen-bond donors (Lipinski definition) is 5. The van der Waals surface area contributed by atoms with Crippen LogP contribution in [0.15, 0.2) is 60.9 Å². The zero-order valence-corrected chi connectivity index (χ0v) is 19.2. The van der Waals surface area contributed by atoms with Crippen molar-refractivity contribution < 1.29 is 9.59 Å². The fraction of sp³-hybridized carbons (Fsp3) is 0.333. The van der Waals surface area contributed by atoms with Gasteiger partial charge in [0.05, 0.1) is 0 Å². The molecular weight excluding hydrogens is 426 g/mol. The lowest BCUT2D eigenvalue weighted by Crippen LogP contribution is -2.51. The Balaban J connectivity index is 1.28. The van der Waals surface area contributed by atoms with Crippen molar-refractivity contribution in [1.82, 2.24) is 25.9 Å². The second-order valence-corrected chi connectivity index (χ2v) is 9.05. The summed E-state index contributed by atoms with van der Waals surface area (Å²) in [6, 6.07) is 15.6. The summed E-state index contributed by atoms with van der Waals surface area (Å²) >= 11 is 0. The van der Waals surface area contributed by atoms with Gasteiger partial charge in [-0.25, -0.2) is 0 Å². The molecule has 176 valence electrons. The maximum absolute atomic E-state index is 13.3. The number of aromatic amines is 2. The number of hydrogen-bond acceptors (Lipinski definition) is 3. The van der Waals surface area contributed by atoms with Crippen LogP contribution in [0.1, 0.15) is 24.0 Å². The van der Waals surface area contributed by atoms with Crippen molar-refractivity contribution in [2.24, 2.45) is 5.92 Å². The van der Waals surface area contributed by atoms with Crippen LogP contribution in [-0.4, -0.2) is 47.5 Å². The van der Waals surface area contributed by atoms with Gasteiger partial charge in [0.25, 0.3) is 0 Å². The molecule has 0 aliphatic carbocycles. The highest BCUT2D eigenvalue weighted by molar-refractivity contribution is 5.90. The van der Waals surface area contributed by atoms with Gasteiger partial charge < -0.3 is 25.9 Å². The minimum Gasteiger partial charge on any atom is -0.361 e. The highest BCUT2D eigenvalue weighted by Gasteiger charge is 2.27. The first-order chi connectivity index (χ1) is 16.7. The van der Waals surface area contributed by atoms with E-state index in [1.807, 2.05) is 54.9 Å². The van der Waals surface area contributed by atoms with E-state index in [0.29, 0.717) is 13.0 Å². The lowest BCUT2D eigenvalue weighted by Gasteiger charge is -2.25. The largest absolute Gasteiger partial charge is 0.361 e. The Hall–Kier alpha value is -3.58. The molecule has 5 N–H and O–H groups in total. The van der Waals surface area contributed by atoms with E-state index < -0.39 is 6.04 Å². The number of benzene rings is 2. The third-order valence-corrected chi connectivity index (χ3v) is 6.81. The molecular formula is C27H31N5O2. The number of aromatic nitrogens is 2. The number of nitrogens with one attached hydrogen (secondary N) is 5. The van der Waals surface area contributed by atoms with Crippen LogP contribution >= 0.6 is 0 Å². The highest BCUT2D eigenvalue weighted by Crippen LogP contribution is 2.20. The minimum atomic E-state index is -0.621. The normalized spacial score (nSPS) is 15.4. The number of para-hydroxylation sites is 2. The van der Waals surface area contributed by atoms with Crippen molar-refractivity contribution in [3.8, 4) is 0 Å². The fourth-order valence-electron chi connectivity index (χ4n) is 4.89. The van der Waals surface area contributed by atoms with Gasteiger partial charge in [0.2, 0.25) is 11.8 Å². The molecule has 3 heterocycles. The molecule has 4 aromatic rings. The summed E-state index contributed by atoms with van der Waals surface area (Å²) in [5, 5.41) is 11.7. The summed E-state index contributed by atoms with van der Waals surface area (Å²) in [6.45, 7) is 2.18. The molecule has 7 nitrogen and oxygen atoms in total. The molecule has 1 aliphatic heterocycles. The smallest absolute Gasteiger partial charge is 0.242 e. The molecule has 2 aromatic heterocycles. The zero-order chi connectivity index (χ0) is 23.3. The molecule has 0 bridgehead atoms. The van der Waals surface area contributed by atoms with Gasteiger partial charge in [-0.05, 0) is 55.6 Å². The van der Waals surface area contributed by atoms with E-state index in [9.17, 15) is 9.59 Å². The Morgan fingerprint density at radius 1 is 0.882 bits per heavy atom. The van der Waals surface area contributed by atoms with Crippen molar-refractivity contribution in [2.75, 3.05) is 19.6 Å². The van der Waals surface area contributed by atoms with Crippen LogP contribution in [-0.2, 0) is 22.4 Å². The number of piperidine rings is 1. The predicted molar refractivity (Wildman–Crippen MR) is 135 cm³/mol. The molecule has 0 spiro atoms. The average molecular weight is 458 g/mol. The predicted octanol–water partition coefficient (Wildman–Crippen LogP) is 3.04. The Kier molecular flexibility index (Phi) is 6.62. The minimum absolute atomic E-state index is 0.0295. The molecule has 34 heavy (non-hydrogen) atoms. The van der Waals surface area contributed by atoms with Gasteiger partial charge in [0, 0.05) is 53.1 Å². The second kappa shape index (κ2) is 10.1. The van der Waals surface area contributed by atoms with Crippen LogP contribution in [0, 0.1) is 5.92 Å². The summed E-state index contributed by atoms with van der Waals surface area (Å²) in [5.74, 6) is -0.226. The van der Waals surface area contributed by atoms with Crippen LogP contribution < -0.4 is 16.0 Å². The van der Waals surface area contributed by atoms with Gasteiger partial charge in [-0.3, -0.25) is 9.59 Å². The van der Waals surface area contributed by atoms with Crippen LogP contribution in [0.2, 0.25) is 0 Å². The molecule has 0 radical (unpaired) electrons. The van der Waals surface area contributed by atoms with Crippen molar-refractivity contribution in [3.63, 3.8) is 0 Å². The number of amides is 2. The summed E-state index contributed by atoms with van der Waals surface area (Å²) < 4.78 is 0. The van der Waals surface area contributed by atoms with Crippen LogP contribution in [0.3, 0.4) is 0 Å². The van der Waals surface area contributed by atoms with Crippen molar-refractivity contribution in [3.05, 3.63) is 72.1 Å². The van der Waals surface area contributed by atoms with Crippen molar-refractivity contribution >= 4 is 33.6 Å². The quantitative estimate of drug-likeness (QED) is 0.281. The van der Waals surface area contributed by atoms with E-state index in [1.165, 1.54) is 10.9 Å². The van der Waals surface area contributed by atoms with Gasteiger partial charge in [-0.15, -0.1) is 0 Å². The third kappa shape index (κ3) is 4.84. The van der Waals surface area contributed by atoms with E-state index in [0.717, 1.165) is 54.3 Å². The number of H-pyrrole nitrogens is 2. The van der Waals surface area contributed by atoms with Gasteiger partial charge in [0.1, 0.15) is 6.04 Å². The van der Waals surface area contributed by atoms with Crippen LogP contribution in [0.25, 0.3) is 21.8 Å². The summed E-state index contributed by atoms with van der Waals surface area (Å²) in [6.07, 6.45) is 6.70. The van der Waals surface area contributed by atoms with Crippen molar-refractivity contribution in [2.45, 2.75) is 31.7 Å². The van der Waals surface area contributed by atoms with Gasteiger partial charge in [-0.1, -0.05) is 36.4 Å². The molecule has 1 atom stereocenters.